The number of ether oxygens (including phenoxy) is 2. The van der Waals surface area contributed by atoms with Gasteiger partial charge < -0.3 is 24.2 Å². The average Bonchev–Trinajstić information content (AvgIpc) is 3.03. The number of H-pyrrole nitrogens is 1. The third-order valence-corrected chi connectivity index (χ3v) is 7.49. The molecule has 13 heteroatoms. The van der Waals surface area contributed by atoms with E-state index in [9.17, 15) is 24.4 Å². The first kappa shape index (κ1) is 25.3. The van der Waals surface area contributed by atoms with Crippen molar-refractivity contribution in [3.05, 3.63) is 57.7 Å². The molecule has 0 aliphatic carbocycles. The largest absolute Gasteiger partial charge is 0.463 e. The molecule has 11 nitrogen and oxygen atoms in total. The third-order valence-electron chi connectivity index (χ3n) is 5.31. The Kier molecular flexibility index (Phi) is 8.00. The summed E-state index contributed by atoms with van der Waals surface area (Å²) in [5.74, 6) is -1.60. The molecule has 3 rings (SSSR count). The van der Waals surface area contributed by atoms with E-state index in [1.165, 1.54) is 32.2 Å². The van der Waals surface area contributed by atoms with Gasteiger partial charge in [-0.05, 0) is 45.1 Å². The van der Waals surface area contributed by atoms with E-state index < -0.39 is 67.9 Å². The molecule has 36 heavy (non-hydrogen) atoms. The Morgan fingerprint density at radius 2 is 2.00 bits per heavy atom. The fourth-order valence-electron chi connectivity index (χ4n) is 3.48. The Labute approximate surface area is 216 Å². The van der Waals surface area contributed by atoms with Crippen molar-refractivity contribution in [2.75, 3.05) is 12.7 Å². The van der Waals surface area contributed by atoms with Crippen LogP contribution in [0.15, 0.2) is 47.4 Å². The topological polar surface area (TPSA) is 149 Å². The van der Waals surface area contributed by atoms with Crippen LogP contribution in [0.25, 0.3) is 0 Å². The molecule has 6 atom stereocenters. The smallest absolute Gasteiger partial charge is 0.380 e. The van der Waals surface area contributed by atoms with Crippen molar-refractivity contribution in [3.8, 4) is 5.75 Å². The Balaban J connectivity index is 1.93. The lowest BCUT2D eigenvalue weighted by Crippen LogP contribution is -2.44. The predicted molar refractivity (Wildman–Crippen MR) is 132 cm³/mol. The minimum absolute atomic E-state index is 0.0911. The van der Waals surface area contributed by atoms with Crippen molar-refractivity contribution < 1.29 is 40.8 Å². The quantitative estimate of drug-likeness (QED) is 0.232. The maximum Gasteiger partial charge on any atom is 0.380 e. The monoisotopic (exact) mass is 544 g/mol. The van der Waals surface area contributed by atoms with Gasteiger partial charge in [0.25, 0.3) is 5.56 Å². The summed E-state index contributed by atoms with van der Waals surface area (Å²) in [6, 6.07) is 8.95. The van der Waals surface area contributed by atoms with Crippen molar-refractivity contribution in [3.63, 3.8) is 0 Å². The number of carbonyl (C=O) groups is 1. The number of aromatic amines is 1. The van der Waals surface area contributed by atoms with Gasteiger partial charge in [-0.25, -0.2) is 4.57 Å². The molecule has 3 N–H and O–H groups in total. The predicted octanol–water partition coefficient (Wildman–Crippen LogP) is 2.79. The summed E-state index contributed by atoms with van der Waals surface area (Å²) >= 11 is 5.11. The van der Waals surface area contributed by atoms with Crippen LogP contribution in [0.3, 0.4) is 0 Å². The van der Waals surface area contributed by atoms with Gasteiger partial charge in [-0.1, -0.05) is 25.1 Å². The summed E-state index contributed by atoms with van der Waals surface area (Å²) in [6.45, 7) is 2.92. The van der Waals surface area contributed by atoms with E-state index in [4.69, 9.17) is 33.5 Å². The van der Waals surface area contributed by atoms with E-state index in [1.807, 2.05) is 0 Å². The summed E-state index contributed by atoms with van der Waals surface area (Å²) in [6.07, 6.45) is -5.00. The Bertz CT molecular complexity index is 1300. The molecule has 1 aromatic heterocycles. The summed E-state index contributed by atoms with van der Waals surface area (Å²) in [5.41, 5.74) is -2.63. The molecule has 0 saturated carbocycles. The van der Waals surface area contributed by atoms with Crippen molar-refractivity contribution in [2.24, 2.45) is 5.92 Å². The van der Waals surface area contributed by atoms with Crippen LogP contribution >= 0.6 is 19.8 Å². The number of esters is 1. The first-order valence-corrected chi connectivity index (χ1v) is 13.3. The Morgan fingerprint density at radius 1 is 1.33 bits per heavy atom. The zero-order chi connectivity index (χ0) is 28.5. The van der Waals surface area contributed by atoms with Crippen LogP contribution in [-0.2, 0) is 23.4 Å². The number of rotatable bonds is 10. The van der Waals surface area contributed by atoms with Gasteiger partial charge in [0.1, 0.15) is 23.6 Å². The number of aliphatic hydroxyl groups is 2. The van der Waals surface area contributed by atoms with Crippen molar-refractivity contribution in [2.45, 2.75) is 57.8 Å². The first-order valence-electron chi connectivity index (χ1n) is 12.2. The molecule has 0 amide bonds. The van der Waals surface area contributed by atoms with Crippen LogP contribution < -0.4 is 10.1 Å². The number of hydrogen-bond donors (Lipinski definition) is 3. The van der Waals surface area contributed by atoms with Gasteiger partial charge in [-0.3, -0.25) is 23.7 Å². The second kappa shape index (κ2) is 11.4. The number of benzene rings is 1. The van der Waals surface area contributed by atoms with Crippen LogP contribution in [0.1, 0.15) is 36.7 Å². The third kappa shape index (κ3) is 6.70. The van der Waals surface area contributed by atoms with Crippen LogP contribution in [0.5, 0.6) is 5.75 Å². The van der Waals surface area contributed by atoms with Crippen molar-refractivity contribution in [1.29, 1.82) is 0 Å². The average molecular weight is 545 g/mol. The standard InChI is InChI=1S/C23H31N2O9PS/c1-14(2)32-20(28)15(3)13-35(30,34-16-8-6-5-7-9-16)31-12-17-19(27)23(4,29)21(33-17)25-11-10-18(26)24-22(25)36/h5-11,14-15,17,19,21,27,29H,12-13H2,1-4H3,(H,24,26,36)/t15-,17-,19+,21-,23?,35+/m1/s1/i12D2. The maximum absolute atomic E-state index is 13.9. The Morgan fingerprint density at radius 3 is 2.61 bits per heavy atom. The van der Waals surface area contributed by atoms with Gasteiger partial charge in [-0.2, -0.15) is 0 Å². The number of carbonyl (C=O) groups excluding carboxylic acids is 1. The number of nitrogens with zero attached hydrogens (tertiary/aromatic N) is 1. The molecule has 1 aliphatic rings. The summed E-state index contributed by atoms with van der Waals surface area (Å²) in [7, 11) is -4.47. The number of aliphatic hydroxyl groups excluding tert-OH is 1. The fraction of sp³-hybridized carbons (Fsp3) is 0.522. The summed E-state index contributed by atoms with van der Waals surface area (Å²) < 4.78 is 53.8. The number of hydrogen-bond acceptors (Lipinski definition) is 10. The van der Waals surface area contributed by atoms with Crippen LogP contribution in [0, 0.1) is 10.7 Å². The van der Waals surface area contributed by atoms with Gasteiger partial charge in [0, 0.05) is 12.3 Å². The minimum atomic E-state index is -4.47. The normalized spacial score (nSPS) is 27.6. The molecular formula is C23H31N2O9PS. The number of nitrogens with one attached hydrogen (secondary N) is 1. The molecule has 2 aromatic rings. The van der Waals surface area contributed by atoms with E-state index in [1.54, 1.807) is 32.0 Å². The van der Waals surface area contributed by atoms with E-state index in [-0.39, 0.29) is 10.5 Å². The summed E-state index contributed by atoms with van der Waals surface area (Å²) in [5, 5.41) is 21.9. The van der Waals surface area contributed by atoms with Gasteiger partial charge in [0.15, 0.2) is 11.0 Å². The highest BCUT2D eigenvalue weighted by molar-refractivity contribution is 7.71. The maximum atomic E-state index is 13.9. The molecule has 0 spiro atoms. The lowest BCUT2D eigenvalue weighted by molar-refractivity contribution is -0.151. The molecular weight excluding hydrogens is 511 g/mol. The van der Waals surface area contributed by atoms with E-state index in [0.717, 1.165) is 10.6 Å². The highest BCUT2D eigenvalue weighted by atomic mass is 32.1. The molecule has 0 bridgehead atoms. The van der Waals surface area contributed by atoms with Crippen LogP contribution in [0.2, 0.25) is 0 Å². The number of aromatic nitrogens is 2. The van der Waals surface area contributed by atoms with Crippen molar-refractivity contribution in [1.82, 2.24) is 9.55 Å². The van der Waals surface area contributed by atoms with Crippen molar-refractivity contribution >= 4 is 25.8 Å². The van der Waals surface area contributed by atoms with Gasteiger partial charge in [0.05, 0.1) is 27.5 Å². The van der Waals surface area contributed by atoms with E-state index in [2.05, 4.69) is 4.98 Å². The molecule has 198 valence electrons. The molecule has 1 fully saturated rings. The van der Waals surface area contributed by atoms with Gasteiger partial charge in [-0.15, -0.1) is 0 Å². The lowest BCUT2D eigenvalue weighted by atomic mass is 9.96. The second-order valence-corrected chi connectivity index (χ2v) is 11.2. The summed E-state index contributed by atoms with van der Waals surface area (Å²) in [4.78, 5) is 26.3. The zero-order valence-corrected chi connectivity index (χ0v) is 21.9. The molecule has 1 aliphatic heterocycles. The molecule has 1 unspecified atom stereocenters. The molecule has 2 heterocycles. The fourth-order valence-corrected chi connectivity index (χ4v) is 5.45. The molecule has 1 aromatic carbocycles. The highest BCUT2D eigenvalue weighted by Crippen LogP contribution is 2.51. The van der Waals surface area contributed by atoms with E-state index >= 15 is 0 Å². The van der Waals surface area contributed by atoms with Gasteiger partial charge in [0.2, 0.25) is 0 Å². The van der Waals surface area contributed by atoms with Crippen LogP contribution in [-0.4, -0.2) is 62.4 Å². The second-order valence-electron chi connectivity index (χ2n) is 8.89. The Hall–Kier alpha value is -2.34. The minimum Gasteiger partial charge on any atom is -0.463 e. The number of para-hydroxylation sites is 1. The zero-order valence-electron chi connectivity index (χ0n) is 22.2. The molecule has 0 radical (unpaired) electrons. The highest BCUT2D eigenvalue weighted by Gasteiger charge is 2.53. The first-order chi connectivity index (χ1) is 17.6. The van der Waals surface area contributed by atoms with E-state index in [0.29, 0.717) is 0 Å². The molecule has 1 saturated heterocycles. The van der Waals surface area contributed by atoms with Crippen LogP contribution in [0.4, 0.5) is 0 Å². The lowest BCUT2D eigenvalue weighted by Gasteiger charge is -2.28. The SMILES string of the molecule is [2H]C([2H])(O[P@@](=O)(C[C@@H](C)C(=O)OC(C)C)Oc1ccccc1)[C@H]1O[C@@H](n2ccc(=O)[nH]c2=S)C(C)(O)[C@H]1O. The van der Waals surface area contributed by atoms with Gasteiger partial charge >= 0.3 is 13.6 Å².